The molecule has 4 nitrogen and oxygen atoms in total. The molecule has 0 aliphatic rings. The number of carbonyl (C=O) groups is 1. The third-order valence-electron chi connectivity index (χ3n) is 3.19. The van der Waals surface area contributed by atoms with Crippen LogP contribution >= 0.6 is 15.9 Å². The van der Waals surface area contributed by atoms with Gasteiger partial charge in [0.15, 0.2) is 0 Å². The van der Waals surface area contributed by atoms with E-state index in [1.54, 1.807) is 18.3 Å². The largest absolute Gasteiger partial charge is 0.352 e. The fraction of sp³-hybridized carbons (Fsp3) is 0.294. The quantitative estimate of drug-likeness (QED) is 0.713. The van der Waals surface area contributed by atoms with E-state index in [1.807, 2.05) is 24.3 Å². The molecule has 1 aromatic heterocycles. The zero-order chi connectivity index (χ0) is 15.8. The normalized spacial score (nSPS) is 10.3. The predicted molar refractivity (Wildman–Crippen MR) is 93.5 cm³/mol. The Balaban J connectivity index is 1.98. The molecule has 5 heteroatoms. The molecule has 1 amide bonds. The fourth-order valence-corrected chi connectivity index (χ4v) is 2.43. The fourth-order valence-electron chi connectivity index (χ4n) is 2.03. The zero-order valence-corrected chi connectivity index (χ0v) is 14.2. The number of hydrogen-bond acceptors (Lipinski definition) is 3. The Labute approximate surface area is 139 Å². The van der Waals surface area contributed by atoms with E-state index >= 15 is 0 Å². The van der Waals surface area contributed by atoms with Crippen LogP contribution in [-0.2, 0) is 0 Å². The first-order chi connectivity index (χ1) is 10.7. The van der Waals surface area contributed by atoms with Crippen LogP contribution in [0.1, 0.15) is 36.5 Å². The van der Waals surface area contributed by atoms with Crippen LogP contribution in [0.4, 0.5) is 11.5 Å². The number of anilines is 2. The summed E-state index contributed by atoms with van der Waals surface area (Å²) in [6.07, 6.45) is 4.93. The minimum atomic E-state index is -0.0594. The van der Waals surface area contributed by atoms with E-state index in [2.05, 4.69) is 38.5 Å². The van der Waals surface area contributed by atoms with Crippen molar-refractivity contribution in [1.82, 2.24) is 10.3 Å². The molecule has 0 aliphatic heterocycles. The van der Waals surface area contributed by atoms with E-state index in [0.717, 1.165) is 29.4 Å². The Hall–Kier alpha value is -1.88. The van der Waals surface area contributed by atoms with Gasteiger partial charge in [0.25, 0.3) is 5.91 Å². The summed E-state index contributed by atoms with van der Waals surface area (Å²) in [6, 6.07) is 11.3. The number of nitrogens with one attached hydrogen (secondary N) is 2. The number of benzene rings is 1. The highest BCUT2D eigenvalue weighted by Crippen LogP contribution is 2.19. The lowest BCUT2D eigenvalue weighted by Crippen LogP contribution is -2.24. The summed E-state index contributed by atoms with van der Waals surface area (Å²) in [6.45, 7) is 2.86. The molecule has 22 heavy (non-hydrogen) atoms. The number of pyridine rings is 1. The van der Waals surface area contributed by atoms with Gasteiger partial charge in [-0.3, -0.25) is 4.79 Å². The predicted octanol–water partition coefficient (Wildman–Crippen LogP) is 4.51. The van der Waals surface area contributed by atoms with Crippen LogP contribution in [0.3, 0.4) is 0 Å². The van der Waals surface area contributed by atoms with Crippen molar-refractivity contribution in [3.05, 3.63) is 52.6 Å². The first-order valence-electron chi connectivity index (χ1n) is 7.46. The second-order valence-electron chi connectivity index (χ2n) is 5.03. The molecule has 0 spiro atoms. The Bertz CT molecular complexity index is 631. The van der Waals surface area contributed by atoms with E-state index < -0.39 is 0 Å². The molecule has 0 saturated carbocycles. The number of aromatic nitrogens is 1. The Morgan fingerprint density at radius 1 is 1.23 bits per heavy atom. The van der Waals surface area contributed by atoms with Crippen LogP contribution < -0.4 is 10.6 Å². The smallest absolute Gasteiger partial charge is 0.251 e. The molecule has 0 unspecified atom stereocenters. The number of nitrogens with zero attached hydrogens (tertiary/aromatic N) is 1. The molecule has 0 saturated heterocycles. The maximum absolute atomic E-state index is 12.1. The van der Waals surface area contributed by atoms with E-state index in [-0.39, 0.29) is 5.91 Å². The standard InChI is InChI=1S/C17H20BrN3O/c1-2-3-4-9-20-17(22)13-8-10-19-16(11-13)21-15-7-5-6-14(18)12-15/h5-8,10-12H,2-4,9H2,1H3,(H,19,21)(H,20,22). The van der Waals surface area contributed by atoms with Gasteiger partial charge >= 0.3 is 0 Å². The second-order valence-corrected chi connectivity index (χ2v) is 5.94. The van der Waals surface area contributed by atoms with Gasteiger partial charge in [-0.1, -0.05) is 41.8 Å². The molecule has 0 radical (unpaired) electrons. The van der Waals surface area contributed by atoms with E-state index in [4.69, 9.17) is 0 Å². The van der Waals surface area contributed by atoms with Gasteiger partial charge in [-0.25, -0.2) is 4.98 Å². The molecule has 0 fully saturated rings. The average molecular weight is 362 g/mol. The topological polar surface area (TPSA) is 54.0 Å². The SMILES string of the molecule is CCCCCNC(=O)c1ccnc(Nc2cccc(Br)c2)c1. The first-order valence-corrected chi connectivity index (χ1v) is 8.25. The highest BCUT2D eigenvalue weighted by molar-refractivity contribution is 9.10. The maximum atomic E-state index is 12.1. The van der Waals surface area contributed by atoms with Crippen LogP contribution in [0.2, 0.25) is 0 Å². The molecule has 0 bridgehead atoms. The Kier molecular flexibility index (Phi) is 6.40. The monoisotopic (exact) mass is 361 g/mol. The summed E-state index contributed by atoms with van der Waals surface area (Å²) in [5.41, 5.74) is 1.53. The summed E-state index contributed by atoms with van der Waals surface area (Å²) in [5.74, 6) is 0.593. The molecule has 116 valence electrons. The number of carbonyl (C=O) groups excluding carboxylic acids is 1. The number of unbranched alkanes of at least 4 members (excludes halogenated alkanes) is 2. The molecule has 1 aromatic carbocycles. The van der Waals surface area contributed by atoms with Crippen molar-refractivity contribution < 1.29 is 4.79 Å². The molecule has 2 N–H and O–H groups in total. The highest BCUT2D eigenvalue weighted by atomic mass is 79.9. The van der Waals surface area contributed by atoms with Crippen LogP contribution in [0.15, 0.2) is 47.1 Å². The molecule has 1 heterocycles. The number of halogens is 1. The van der Waals surface area contributed by atoms with Crippen molar-refractivity contribution in [1.29, 1.82) is 0 Å². The van der Waals surface area contributed by atoms with Gasteiger partial charge in [0.1, 0.15) is 5.82 Å². The van der Waals surface area contributed by atoms with E-state index in [0.29, 0.717) is 17.9 Å². The van der Waals surface area contributed by atoms with Crippen molar-refractivity contribution in [3.63, 3.8) is 0 Å². The third-order valence-corrected chi connectivity index (χ3v) is 3.68. The minimum absolute atomic E-state index is 0.0594. The summed E-state index contributed by atoms with van der Waals surface area (Å²) in [7, 11) is 0. The van der Waals surface area contributed by atoms with Crippen LogP contribution in [0, 0.1) is 0 Å². The van der Waals surface area contributed by atoms with Gasteiger partial charge < -0.3 is 10.6 Å². The summed E-state index contributed by atoms with van der Waals surface area (Å²) >= 11 is 3.43. The van der Waals surface area contributed by atoms with Gasteiger partial charge in [-0.05, 0) is 36.8 Å². The molecule has 2 rings (SSSR count). The summed E-state index contributed by atoms with van der Waals surface area (Å²) in [5, 5.41) is 6.13. The van der Waals surface area contributed by atoms with Gasteiger partial charge in [0, 0.05) is 28.5 Å². The average Bonchev–Trinajstić information content (AvgIpc) is 2.52. The van der Waals surface area contributed by atoms with Crippen molar-refractivity contribution in [2.75, 3.05) is 11.9 Å². The van der Waals surface area contributed by atoms with Gasteiger partial charge in [0.2, 0.25) is 0 Å². The second kappa shape index (κ2) is 8.54. The number of hydrogen-bond donors (Lipinski definition) is 2. The van der Waals surface area contributed by atoms with Crippen molar-refractivity contribution in [2.24, 2.45) is 0 Å². The lowest BCUT2D eigenvalue weighted by Gasteiger charge is -2.08. The third kappa shape index (κ3) is 5.15. The van der Waals surface area contributed by atoms with Gasteiger partial charge in [-0.15, -0.1) is 0 Å². The lowest BCUT2D eigenvalue weighted by molar-refractivity contribution is 0.0953. The van der Waals surface area contributed by atoms with Crippen molar-refractivity contribution in [3.8, 4) is 0 Å². The Morgan fingerprint density at radius 2 is 2.09 bits per heavy atom. The molecular weight excluding hydrogens is 342 g/mol. The molecule has 2 aromatic rings. The van der Waals surface area contributed by atoms with Crippen molar-refractivity contribution >= 4 is 33.3 Å². The molecule has 0 aliphatic carbocycles. The van der Waals surface area contributed by atoms with Crippen LogP contribution in [0.5, 0.6) is 0 Å². The van der Waals surface area contributed by atoms with Crippen LogP contribution in [0.25, 0.3) is 0 Å². The summed E-state index contributed by atoms with van der Waals surface area (Å²) < 4.78 is 0.988. The van der Waals surface area contributed by atoms with Crippen molar-refractivity contribution in [2.45, 2.75) is 26.2 Å². The van der Waals surface area contributed by atoms with Crippen LogP contribution in [-0.4, -0.2) is 17.4 Å². The van der Waals surface area contributed by atoms with Gasteiger partial charge in [-0.2, -0.15) is 0 Å². The Morgan fingerprint density at radius 3 is 2.86 bits per heavy atom. The van der Waals surface area contributed by atoms with Gasteiger partial charge in [0.05, 0.1) is 0 Å². The maximum Gasteiger partial charge on any atom is 0.251 e. The minimum Gasteiger partial charge on any atom is -0.352 e. The highest BCUT2D eigenvalue weighted by Gasteiger charge is 2.06. The van der Waals surface area contributed by atoms with E-state index in [9.17, 15) is 4.79 Å². The molecular formula is C17H20BrN3O. The lowest BCUT2D eigenvalue weighted by atomic mass is 10.2. The summed E-state index contributed by atoms with van der Waals surface area (Å²) in [4.78, 5) is 16.3. The zero-order valence-electron chi connectivity index (χ0n) is 12.6. The number of rotatable bonds is 7. The first kappa shape index (κ1) is 16.5. The molecule has 0 atom stereocenters. The van der Waals surface area contributed by atoms with E-state index in [1.165, 1.54) is 0 Å². The number of amides is 1.